The molecule has 0 aromatic heterocycles. The van der Waals surface area contributed by atoms with E-state index in [0.29, 0.717) is 11.1 Å². The van der Waals surface area contributed by atoms with Crippen molar-refractivity contribution in [1.82, 2.24) is 0 Å². The number of aliphatic hydroxyl groups excluding tert-OH is 1. The third kappa shape index (κ3) is 3.83. The Balaban J connectivity index is 2.10. The van der Waals surface area contributed by atoms with E-state index >= 15 is 0 Å². The minimum atomic E-state index is -0.797. The lowest BCUT2D eigenvalue weighted by molar-refractivity contribution is -0.384. The standard InChI is InChI=1S/C20H14ClN3O6/c1-10(25)16(20(27)30-2)17-12-5-3-4-6-13(12)18(22-17)23-19(26)14-8-7-11(24(28)29)9-15(14)21/h3-9,25H,1-2H3. The van der Waals surface area contributed by atoms with E-state index in [0.717, 1.165) is 12.1 Å². The van der Waals surface area contributed by atoms with Gasteiger partial charge in [0.05, 0.1) is 28.3 Å². The fourth-order valence-electron chi connectivity index (χ4n) is 2.85. The molecule has 0 radical (unpaired) electrons. The van der Waals surface area contributed by atoms with E-state index in [-0.39, 0.29) is 39.2 Å². The summed E-state index contributed by atoms with van der Waals surface area (Å²) in [6, 6.07) is 10.1. The van der Waals surface area contributed by atoms with Crippen molar-refractivity contribution in [2.75, 3.05) is 7.11 Å². The van der Waals surface area contributed by atoms with Gasteiger partial charge in [-0.15, -0.1) is 0 Å². The number of fused-ring (bicyclic) bond motifs is 1. The molecule has 152 valence electrons. The molecular weight excluding hydrogens is 414 g/mol. The normalized spacial score (nSPS) is 14.6. The Labute approximate surface area is 175 Å². The molecule has 2 aromatic carbocycles. The SMILES string of the molecule is COC(=O)C(C1=NC(=NC(=O)c2ccc([N+](=O)[O-])cc2Cl)c2ccccc21)=C(C)O. The van der Waals surface area contributed by atoms with Gasteiger partial charge < -0.3 is 9.84 Å². The second-order valence-electron chi connectivity index (χ2n) is 6.12. The summed E-state index contributed by atoms with van der Waals surface area (Å²) in [5.41, 5.74) is 0.587. The number of nitrogens with zero attached hydrogens (tertiary/aromatic N) is 3. The molecule has 0 spiro atoms. The predicted octanol–water partition coefficient (Wildman–Crippen LogP) is 3.64. The number of aliphatic imine (C=N–C) groups is 2. The van der Waals surface area contributed by atoms with Crippen molar-refractivity contribution in [2.45, 2.75) is 6.92 Å². The number of non-ortho nitro benzene ring substituents is 1. The highest BCUT2D eigenvalue weighted by molar-refractivity contribution is 6.37. The maximum absolute atomic E-state index is 12.6. The Hall–Kier alpha value is -3.85. The molecular formula is C20H14ClN3O6. The van der Waals surface area contributed by atoms with Crippen LogP contribution in [0.3, 0.4) is 0 Å². The first-order valence-corrected chi connectivity index (χ1v) is 8.86. The van der Waals surface area contributed by atoms with Crippen LogP contribution in [0.5, 0.6) is 0 Å². The summed E-state index contributed by atoms with van der Waals surface area (Å²) in [4.78, 5) is 43.2. The van der Waals surface area contributed by atoms with Crippen LogP contribution in [0, 0.1) is 10.1 Å². The van der Waals surface area contributed by atoms with Crippen LogP contribution in [0.25, 0.3) is 0 Å². The average Bonchev–Trinajstić information content (AvgIpc) is 3.05. The molecule has 1 heterocycles. The molecule has 0 fully saturated rings. The molecule has 0 saturated heterocycles. The van der Waals surface area contributed by atoms with Gasteiger partial charge in [0.25, 0.3) is 11.6 Å². The number of carbonyl (C=O) groups is 2. The van der Waals surface area contributed by atoms with Crippen molar-refractivity contribution in [3.8, 4) is 0 Å². The number of amides is 1. The highest BCUT2D eigenvalue weighted by Crippen LogP contribution is 2.27. The number of aliphatic hydroxyl groups is 1. The summed E-state index contributed by atoms with van der Waals surface area (Å²) in [6.07, 6.45) is 0. The Bertz CT molecular complexity index is 1180. The molecule has 0 aliphatic carbocycles. The highest BCUT2D eigenvalue weighted by Gasteiger charge is 2.30. The number of methoxy groups -OCH3 is 1. The van der Waals surface area contributed by atoms with Crippen molar-refractivity contribution < 1.29 is 24.4 Å². The number of amidine groups is 1. The van der Waals surface area contributed by atoms with E-state index in [2.05, 4.69) is 9.98 Å². The van der Waals surface area contributed by atoms with Crippen molar-refractivity contribution in [3.05, 3.63) is 85.6 Å². The summed E-state index contributed by atoms with van der Waals surface area (Å²) < 4.78 is 4.72. The zero-order valence-electron chi connectivity index (χ0n) is 15.7. The topological polar surface area (TPSA) is 131 Å². The molecule has 2 aromatic rings. The predicted molar refractivity (Wildman–Crippen MR) is 109 cm³/mol. The third-order valence-corrected chi connectivity index (χ3v) is 4.54. The van der Waals surface area contributed by atoms with E-state index in [1.54, 1.807) is 24.3 Å². The Kier molecular flexibility index (Phi) is 5.74. The Morgan fingerprint density at radius 1 is 1.20 bits per heavy atom. The second-order valence-corrected chi connectivity index (χ2v) is 6.53. The molecule has 3 rings (SSSR count). The van der Waals surface area contributed by atoms with Gasteiger partial charge in [0.2, 0.25) is 0 Å². The number of hydrogen-bond acceptors (Lipinski definition) is 6. The monoisotopic (exact) mass is 427 g/mol. The molecule has 30 heavy (non-hydrogen) atoms. The summed E-state index contributed by atoms with van der Waals surface area (Å²) in [5.74, 6) is -1.87. The summed E-state index contributed by atoms with van der Waals surface area (Å²) >= 11 is 6.00. The summed E-state index contributed by atoms with van der Waals surface area (Å²) in [5, 5.41) is 20.7. The molecule has 0 unspecified atom stereocenters. The first kappa shape index (κ1) is 20.9. The fourth-order valence-corrected chi connectivity index (χ4v) is 3.11. The van der Waals surface area contributed by atoms with Crippen LogP contribution < -0.4 is 0 Å². The zero-order chi connectivity index (χ0) is 22.0. The van der Waals surface area contributed by atoms with E-state index in [4.69, 9.17) is 16.3 Å². The lowest BCUT2D eigenvalue weighted by Gasteiger charge is -2.07. The fraction of sp³-hybridized carbons (Fsp3) is 0.100. The van der Waals surface area contributed by atoms with Gasteiger partial charge in [0.15, 0.2) is 5.84 Å². The smallest absolute Gasteiger partial charge is 0.343 e. The van der Waals surface area contributed by atoms with E-state index < -0.39 is 16.8 Å². The average molecular weight is 428 g/mol. The maximum Gasteiger partial charge on any atom is 0.343 e. The van der Waals surface area contributed by atoms with Gasteiger partial charge in [0.1, 0.15) is 11.3 Å². The summed E-state index contributed by atoms with van der Waals surface area (Å²) in [7, 11) is 1.17. The molecule has 0 saturated carbocycles. The van der Waals surface area contributed by atoms with Gasteiger partial charge in [-0.05, 0) is 13.0 Å². The minimum absolute atomic E-state index is 0.00247. The van der Waals surface area contributed by atoms with Crippen LogP contribution in [0.2, 0.25) is 5.02 Å². The van der Waals surface area contributed by atoms with Gasteiger partial charge >= 0.3 is 5.97 Å². The van der Waals surface area contributed by atoms with Crippen molar-refractivity contribution in [3.63, 3.8) is 0 Å². The number of esters is 1. The van der Waals surface area contributed by atoms with Gasteiger partial charge in [-0.25, -0.2) is 9.79 Å². The van der Waals surface area contributed by atoms with Crippen molar-refractivity contribution >= 4 is 40.7 Å². The lowest BCUT2D eigenvalue weighted by Crippen LogP contribution is -2.16. The molecule has 0 atom stereocenters. The number of benzene rings is 2. The first-order valence-electron chi connectivity index (χ1n) is 8.48. The van der Waals surface area contributed by atoms with Gasteiger partial charge in [-0.3, -0.25) is 14.9 Å². The van der Waals surface area contributed by atoms with Crippen LogP contribution in [0.1, 0.15) is 28.4 Å². The van der Waals surface area contributed by atoms with Crippen LogP contribution in [-0.4, -0.2) is 40.6 Å². The van der Waals surface area contributed by atoms with Crippen LogP contribution in [-0.2, 0) is 9.53 Å². The number of allylic oxidation sites excluding steroid dienone is 1. The summed E-state index contributed by atoms with van der Waals surface area (Å²) in [6.45, 7) is 1.31. The van der Waals surface area contributed by atoms with E-state index in [9.17, 15) is 24.8 Å². The lowest BCUT2D eigenvalue weighted by atomic mass is 9.99. The quantitative estimate of drug-likeness (QED) is 0.260. The number of nitro benzene ring substituents is 1. The van der Waals surface area contributed by atoms with Gasteiger partial charge in [0, 0.05) is 23.3 Å². The minimum Gasteiger partial charge on any atom is -0.512 e. The van der Waals surface area contributed by atoms with Crippen LogP contribution in [0.4, 0.5) is 5.69 Å². The number of hydrogen-bond donors (Lipinski definition) is 1. The van der Waals surface area contributed by atoms with Gasteiger partial charge in [-0.2, -0.15) is 4.99 Å². The third-order valence-electron chi connectivity index (χ3n) is 4.23. The zero-order valence-corrected chi connectivity index (χ0v) is 16.5. The number of halogens is 1. The number of nitro groups is 1. The Morgan fingerprint density at radius 3 is 2.43 bits per heavy atom. The molecule has 1 aliphatic rings. The second kappa shape index (κ2) is 8.26. The Morgan fingerprint density at radius 2 is 1.87 bits per heavy atom. The van der Waals surface area contributed by atoms with Crippen LogP contribution >= 0.6 is 11.6 Å². The largest absolute Gasteiger partial charge is 0.512 e. The van der Waals surface area contributed by atoms with Crippen LogP contribution in [0.15, 0.2) is 63.8 Å². The van der Waals surface area contributed by atoms with Gasteiger partial charge in [-0.1, -0.05) is 35.9 Å². The van der Waals surface area contributed by atoms with E-state index in [1.165, 1.54) is 20.1 Å². The molecule has 10 heteroatoms. The number of carbonyl (C=O) groups excluding carboxylic acids is 2. The molecule has 0 bridgehead atoms. The van der Waals surface area contributed by atoms with E-state index in [1.807, 2.05) is 0 Å². The highest BCUT2D eigenvalue weighted by atomic mass is 35.5. The van der Waals surface area contributed by atoms with Crippen molar-refractivity contribution in [2.24, 2.45) is 9.98 Å². The van der Waals surface area contributed by atoms with Crippen molar-refractivity contribution in [1.29, 1.82) is 0 Å². The number of ether oxygens (including phenoxy) is 1. The maximum atomic E-state index is 12.6. The molecule has 9 nitrogen and oxygen atoms in total. The molecule has 1 N–H and O–H groups in total. The number of rotatable bonds is 4. The molecule has 1 aliphatic heterocycles. The first-order chi connectivity index (χ1) is 14.2. The molecule has 1 amide bonds.